The molecule has 1 unspecified atom stereocenters. The molecular formula is C27H33N3O4S. The van der Waals surface area contributed by atoms with Crippen molar-refractivity contribution in [1.82, 2.24) is 15.2 Å². The van der Waals surface area contributed by atoms with Gasteiger partial charge in [0.05, 0.1) is 20.3 Å². The Morgan fingerprint density at radius 1 is 1.14 bits per heavy atom. The third-order valence-corrected chi connectivity index (χ3v) is 6.78. The van der Waals surface area contributed by atoms with Crippen molar-refractivity contribution < 1.29 is 14.2 Å². The first kappa shape index (κ1) is 25.0. The molecule has 0 saturated carbocycles. The molecule has 2 N–H and O–H groups in total. The van der Waals surface area contributed by atoms with E-state index in [1.54, 1.807) is 14.2 Å². The van der Waals surface area contributed by atoms with Gasteiger partial charge in [-0.25, -0.2) is 0 Å². The number of aromatic nitrogens is 1. The molecule has 0 bridgehead atoms. The number of ether oxygens (including phenoxy) is 3. The minimum Gasteiger partial charge on any atom is -0.493 e. The fraction of sp³-hybridized carbons (Fsp3) is 0.407. The fourth-order valence-corrected chi connectivity index (χ4v) is 4.95. The lowest BCUT2D eigenvalue weighted by Gasteiger charge is -2.39. The van der Waals surface area contributed by atoms with Crippen molar-refractivity contribution in [3.63, 3.8) is 0 Å². The van der Waals surface area contributed by atoms with Crippen LogP contribution in [0.2, 0.25) is 0 Å². The predicted octanol–water partition coefficient (Wildman–Crippen LogP) is 4.10. The zero-order valence-corrected chi connectivity index (χ0v) is 21.6. The van der Waals surface area contributed by atoms with Crippen molar-refractivity contribution in [2.45, 2.75) is 32.7 Å². The number of fused-ring (bicyclic) bond motifs is 2. The molecule has 0 spiro atoms. The van der Waals surface area contributed by atoms with Crippen molar-refractivity contribution in [3.05, 3.63) is 69.0 Å². The van der Waals surface area contributed by atoms with Crippen LogP contribution in [0.25, 0.3) is 10.9 Å². The molecule has 3 aromatic rings. The molecular weight excluding hydrogens is 462 g/mol. The van der Waals surface area contributed by atoms with Gasteiger partial charge in [0.2, 0.25) is 0 Å². The summed E-state index contributed by atoms with van der Waals surface area (Å²) >= 11 is 5.83. The highest BCUT2D eigenvalue weighted by molar-refractivity contribution is 7.80. The van der Waals surface area contributed by atoms with Gasteiger partial charge >= 0.3 is 0 Å². The highest BCUT2D eigenvalue weighted by atomic mass is 32.1. The Hall–Kier alpha value is -3.10. The first-order valence-electron chi connectivity index (χ1n) is 12.0. The Morgan fingerprint density at radius 3 is 2.66 bits per heavy atom. The van der Waals surface area contributed by atoms with E-state index in [9.17, 15) is 4.79 Å². The van der Waals surface area contributed by atoms with Gasteiger partial charge in [-0.15, -0.1) is 0 Å². The quantitative estimate of drug-likeness (QED) is 0.360. The molecule has 0 aliphatic carbocycles. The Bertz CT molecular complexity index is 1270. The number of thiocarbonyl (C=S) groups is 1. The largest absolute Gasteiger partial charge is 0.493 e. The molecule has 186 valence electrons. The second-order valence-electron chi connectivity index (χ2n) is 8.68. The van der Waals surface area contributed by atoms with Crippen LogP contribution < -0.4 is 20.3 Å². The second kappa shape index (κ2) is 11.1. The number of nitrogens with one attached hydrogen (secondary N) is 2. The number of hydrogen-bond acceptors (Lipinski definition) is 5. The molecule has 1 aliphatic rings. The summed E-state index contributed by atoms with van der Waals surface area (Å²) in [7, 11) is 3.25. The van der Waals surface area contributed by atoms with Gasteiger partial charge in [-0.2, -0.15) is 0 Å². The average Bonchev–Trinajstić information content (AvgIpc) is 2.86. The maximum Gasteiger partial charge on any atom is 0.254 e. The molecule has 4 rings (SSSR count). The summed E-state index contributed by atoms with van der Waals surface area (Å²) < 4.78 is 16.6. The van der Waals surface area contributed by atoms with E-state index in [-0.39, 0.29) is 11.6 Å². The fourth-order valence-electron chi connectivity index (χ4n) is 4.65. The third kappa shape index (κ3) is 5.28. The summed E-state index contributed by atoms with van der Waals surface area (Å²) in [5.74, 6) is 1.31. The van der Waals surface area contributed by atoms with Gasteiger partial charge in [-0.1, -0.05) is 12.1 Å². The molecule has 1 aromatic heterocycles. The van der Waals surface area contributed by atoms with E-state index in [0.717, 1.165) is 40.4 Å². The zero-order valence-electron chi connectivity index (χ0n) is 20.8. The van der Waals surface area contributed by atoms with Crippen LogP contribution in [-0.4, -0.2) is 55.5 Å². The van der Waals surface area contributed by atoms with Crippen LogP contribution in [-0.2, 0) is 11.2 Å². The van der Waals surface area contributed by atoms with Gasteiger partial charge < -0.3 is 29.4 Å². The van der Waals surface area contributed by atoms with Gasteiger partial charge in [0.1, 0.15) is 0 Å². The van der Waals surface area contributed by atoms with Crippen LogP contribution in [0.15, 0.2) is 41.2 Å². The number of benzene rings is 2. The number of aromatic amines is 1. The molecule has 0 amide bonds. The van der Waals surface area contributed by atoms with E-state index in [1.807, 2.05) is 44.2 Å². The normalized spacial score (nSPS) is 15.1. The monoisotopic (exact) mass is 495 g/mol. The average molecular weight is 496 g/mol. The molecule has 0 fully saturated rings. The zero-order chi connectivity index (χ0) is 24.9. The van der Waals surface area contributed by atoms with Crippen molar-refractivity contribution >= 4 is 28.2 Å². The number of aryl methyl sites for hydroxylation is 1. The van der Waals surface area contributed by atoms with Crippen LogP contribution in [0.4, 0.5) is 0 Å². The molecule has 35 heavy (non-hydrogen) atoms. The van der Waals surface area contributed by atoms with E-state index in [1.165, 1.54) is 0 Å². The SMILES string of the molecule is CCOCCCNC(=S)N1CCc2cc(OC)c(OC)cc2C1c1cc2ccc(C)cc2[nH]c1=O. The van der Waals surface area contributed by atoms with Gasteiger partial charge in [-0.05, 0) is 85.2 Å². The van der Waals surface area contributed by atoms with E-state index >= 15 is 0 Å². The van der Waals surface area contributed by atoms with Gasteiger partial charge in [0.25, 0.3) is 5.56 Å². The van der Waals surface area contributed by atoms with Crippen LogP contribution in [0.3, 0.4) is 0 Å². The summed E-state index contributed by atoms with van der Waals surface area (Å²) in [6.45, 7) is 6.76. The molecule has 2 heterocycles. The maximum atomic E-state index is 13.4. The molecule has 1 aliphatic heterocycles. The molecule has 2 aromatic carbocycles. The molecule has 8 heteroatoms. The number of methoxy groups -OCH3 is 2. The van der Waals surface area contributed by atoms with E-state index in [4.69, 9.17) is 26.4 Å². The first-order valence-corrected chi connectivity index (χ1v) is 12.4. The standard InChI is InChI=1S/C27H33N3O4S/c1-5-34-12-6-10-28-27(35)30-11-9-18-15-23(32-3)24(33-4)16-20(18)25(30)21-14-19-8-7-17(2)13-22(19)29-26(21)31/h7-8,13-16,25H,5-6,9-12H2,1-4H3,(H,28,35)(H,29,31). The van der Waals surface area contributed by atoms with Crippen molar-refractivity contribution in [2.24, 2.45) is 0 Å². The highest BCUT2D eigenvalue weighted by Gasteiger charge is 2.33. The van der Waals surface area contributed by atoms with Gasteiger partial charge in [0.15, 0.2) is 16.6 Å². The van der Waals surface area contributed by atoms with E-state index < -0.39 is 0 Å². The lowest BCUT2D eigenvalue weighted by Crippen LogP contribution is -2.47. The third-order valence-electron chi connectivity index (χ3n) is 6.41. The van der Waals surface area contributed by atoms with Crippen LogP contribution in [0.5, 0.6) is 11.5 Å². The number of rotatable bonds is 8. The summed E-state index contributed by atoms with van der Waals surface area (Å²) in [6.07, 6.45) is 1.63. The molecule has 1 atom stereocenters. The minimum absolute atomic E-state index is 0.125. The van der Waals surface area contributed by atoms with Crippen molar-refractivity contribution in [2.75, 3.05) is 40.5 Å². The number of nitrogens with zero attached hydrogens (tertiary/aromatic N) is 1. The number of hydrogen-bond donors (Lipinski definition) is 2. The summed E-state index contributed by atoms with van der Waals surface area (Å²) in [5.41, 5.74) is 4.55. The smallest absolute Gasteiger partial charge is 0.254 e. The first-order chi connectivity index (χ1) is 17.0. The van der Waals surface area contributed by atoms with Crippen LogP contribution >= 0.6 is 12.2 Å². The predicted molar refractivity (Wildman–Crippen MR) is 143 cm³/mol. The van der Waals surface area contributed by atoms with Crippen molar-refractivity contribution in [1.29, 1.82) is 0 Å². The van der Waals surface area contributed by atoms with Crippen molar-refractivity contribution in [3.8, 4) is 11.5 Å². The lowest BCUT2D eigenvalue weighted by molar-refractivity contribution is 0.145. The topological polar surface area (TPSA) is 75.8 Å². The highest BCUT2D eigenvalue weighted by Crippen LogP contribution is 2.40. The Kier molecular flexibility index (Phi) is 7.93. The molecule has 0 saturated heterocycles. The molecule has 0 radical (unpaired) electrons. The Balaban J connectivity index is 1.78. The number of H-pyrrole nitrogens is 1. The Morgan fingerprint density at radius 2 is 1.91 bits per heavy atom. The summed E-state index contributed by atoms with van der Waals surface area (Å²) in [5, 5.41) is 4.97. The van der Waals surface area contributed by atoms with Crippen LogP contribution in [0.1, 0.15) is 41.6 Å². The molecule has 7 nitrogen and oxygen atoms in total. The lowest BCUT2D eigenvalue weighted by atomic mass is 9.88. The van der Waals surface area contributed by atoms with Gasteiger partial charge in [0, 0.05) is 37.4 Å². The van der Waals surface area contributed by atoms with Gasteiger partial charge in [-0.3, -0.25) is 4.79 Å². The maximum absolute atomic E-state index is 13.4. The summed E-state index contributed by atoms with van der Waals surface area (Å²) in [6, 6.07) is 11.7. The second-order valence-corrected chi connectivity index (χ2v) is 9.07. The summed E-state index contributed by atoms with van der Waals surface area (Å²) in [4.78, 5) is 18.6. The van der Waals surface area contributed by atoms with E-state index in [0.29, 0.717) is 48.5 Å². The van der Waals surface area contributed by atoms with E-state index in [2.05, 4.69) is 21.3 Å². The number of pyridine rings is 1. The van der Waals surface area contributed by atoms with Crippen LogP contribution in [0, 0.1) is 6.92 Å². The minimum atomic E-state index is -0.361. The Labute approximate surface area is 211 Å².